The van der Waals surface area contributed by atoms with Crippen LogP contribution in [0.5, 0.6) is 0 Å². The van der Waals surface area contributed by atoms with E-state index in [0.717, 1.165) is 0 Å². The zero-order valence-corrected chi connectivity index (χ0v) is 7.46. The molecule has 0 saturated heterocycles. The molecule has 0 aromatic heterocycles. The van der Waals surface area contributed by atoms with E-state index >= 15 is 0 Å². The molecular weight excluding hydrogens is 146 g/mol. The number of hydrogen-bond donors (Lipinski definition) is 2. The van der Waals surface area contributed by atoms with Gasteiger partial charge in [-0.1, -0.05) is 0 Å². The molecule has 0 radical (unpaired) electrons. The van der Waals surface area contributed by atoms with Gasteiger partial charge in [-0.05, 0) is 6.92 Å². The molecule has 0 unspecified atom stereocenters. The molecule has 0 saturated carbocycles. The molecule has 0 aromatic rings. The van der Waals surface area contributed by atoms with E-state index in [1.165, 1.54) is 0 Å². The lowest BCUT2D eigenvalue weighted by molar-refractivity contribution is -0.849. The topological polar surface area (TPSA) is 49.7 Å². The van der Waals surface area contributed by atoms with E-state index in [2.05, 4.69) is 0 Å². The van der Waals surface area contributed by atoms with E-state index in [0.29, 0.717) is 6.61 Å². The standard InChI is InChI=1S/C7H15NO3/c1-5-11-7(10)6(9)8(2,3)4/h5H2,1-4H3,(H-,9,10)/p+1. The minimum Gasteiger partial charge on any atom is -0.474 e. The average molecular weight is 162 g/mol. The number of quaternary nitrogens is 1. The minimum atomic E-state index is -0.403. The Morgan fingerprint density at radius 2 is 1.73 bits per heavy atom. The van der Waals surface area contributed by atoms with Gasteiger partial charge in [0.2, 0.25) is 0 Å². The van der Waals surface area contributed by atoms with Gasteiger partial charge >= 0.3 is 11.8 Å². The molecule has 0 spiro atoms. The first-order valence-corrected chi connectivity index (χ1v) is 3.46. The largest absolute Gasteiger partial charge is 0.474 e. The van der Waals surface area contributed by atoms with E-state index < -0.39 is 5.95 Å². The van der Waals surface area contributed by atoms with Crippen LogP contribution in [-0.4, -0.2) is 42.4 Å². The first-order valence-electron chi connectivity index (χ1n) is 3.46. The summed E-state index contributed by atoms with van der Waals surface area (Å²) in [7, 11) is 5.18. The van der Waals surface area contributed by atoms with Gasteiger partial charge in [-0.2, -0.15) is 0 Å². The Kier molecular flexibility index (Phi) is 3.19. The Morgan fingerprint density at radius 3 is 2.00 bits per heavy atom. The maximum absolute atomic E-state index is 9.26. The van der Waals surface area contributed by atoms with Gasteiger partial charge in [-0.25, -0.2) is 0 Å². The van der Waals surface area contributed by atoms with Crippen LogP contribution in [0.1, 0.15) is 6.92 Å². The second-order valence-electron chi connectivity index (χ2n) is 3.07. The van der Waals surface area contributed by atoms with Crippen LogP contribution in [0, 0.1) is 0 Å². The predicted octanol–water partition coefficient (Wildman–Crippen LogP) is 0.972. The molecule has 4 heteroatoms. The summed E-state index contributed by atoms with van der Waals surface area (Å²) in [6.45, 7) is 2.08. The summed E-state index contributed by atoms with van der Waals surface area (Å²) in [5.74, 6) is -0.577. The van der Waals surface area contributed by atoms with Gasteiger partial charge in [-0.15, -0.1) is 0 Å². The molecule has 0 aliphatic heterocycles. The van der Waals surface area contributed by atoms with Crippen LogP contribution in [0.15, 0.2) is 11.8 Å². The van der Waals surface area contributed by atoms with E-state index in [1.54, 1.807) is 28.1 Å². The molecule has 2 N–H and O–H groups in total. The molecule has 11 heavy (non-hydrogen) atoms. The summed E-state index contributed by atoms with van der Waals surface area (Å²) in [6.07, 6.45) is 0. The zero-order chi connectivity index (χ0) is 9.07. The molecule has 0 atom stereocenters. The van der Waals surface area contributed by atoms with Gasteiger partial charge in [0.15, 0.2) is 0 Å². The fraction of sp³-hybridized carbons (Fsp3) is 0.714. The second-order valence-corrected chi connectivity index (χ2v) is 3.07. The van der Waals surface area contributed by atoms with Crippen LogP contribution in [0.3, 0.4) is 0 Å². The van der Waals surface area contributed by atoms with Gasteiger partial charge in [0.05, 0.1) is 27.7 Å². The molecule has 66 valence electrons. The molecule has 0 heterocycles. The lowest BCUT2D eigenvalue weighted by Gasteiger charge is -2.21. The molecule has 0 fully saturated rings. The fourth-order valence-electron chi connectivity index (χ4n) is 0.488. The summed E-state index contributed by atoms with van der Waals surface area (Å²) < 4.78 is 4.84. The third-order valence-corrected chi connectivity index (χ3v) is 1.11. The lowest BCUT2D eigenvalue weighted by Crippen LogP contribution is -2.34. The first kappa shape index (κ1) is 10.1. The Morgan fingerprint density at radius 1 is 1.27 bits per heavy atom. The number of ether oxygens (including phenoxy) is 1. The minimum absolute atomic E-state index is 0.145. The van der Waals surface area contributed by atoms with Crippen molar-refractivity contribution in [1.29, 1.82) is 0 Å². The Hall–Kier alpha value is -0.900. The highest BCUT2D eigenvalue weighted by molar-refractivity contribution is 4.80. The molecule has 0 amide bonds. The van der Waals surface area contributed by atoms with Gasteiger partial charge in [0, 0.05) is 0 Å². The van der Waals surface area contributed by atoms with Crippen molar-refractivity contribution >= 4 is 0 Å². The number of rotatable bonds is 3. The zero-order valence-electron chi connectivity index (χ0n) is 7.46. The molecule has 4 nitrogen and oxygen atoms in total. The third-order valence-electron chi connectivity index (χ3n) is 1.11. The first-order chi connectivity index (χ1) is 4.89. The van der Waals surface area contributed by atoms with E-state index in [4.69, 9.17) is 9.84 Å². The van der Waals surface area contributed by atoms with Crippen LogP contribution >= 0.6 is 0 Å². The van der Waals surface area contributed by atoms with Crippen molar-refractivity contribution in [2.24, 2.45) is 0 Å². The normalized spacial score (nSPS) is 14.2. The van der Waals surface area contributed by atoms with Crippen LogP contribution < -0.4 is 0 Å². The molecule has 0 rings (SSSR count). The van der Waals surface area contributed by atoms with E-state index in [1.807, 2.05) is 0 Å². The van der Waals surface area contributed by atoms with Crippen LogP contribution in [0.4, 0.5) is 0 Å². The van der Waals surface area contributed by atoms with Gasteiger partial charge in [0.1, 0.15) is 0 Å². The number of hydrogen-bond acceptors (Lipinski definition) is 3. The van der Waals surface area contributed by atoms with E-state index in [9.17, 15) is 5.11 Å². The molecule has 0 aliphatic carbocycles. The van der Waals surface area contributed by atoms with Gasteiger partial charge in [-0.3, -0.25) is 4.48 Å². The maximum atomic E-state index is 9.26. The predicted molar refractivity (Wildman–Crippen MR) is 41.9 cm³/mol. The quantitative estimate of drug-likeness (QED) is 0.480. The van der Waals surface area contributed by atoms with Crippen molar-refractivity contribution < 1.29 is 19.4 Å². The van der Waals surface area contributed by atoms with Crippen molar-refractivity contribution in [2.75, 3.05) is 27.7 Å². The summed E-state index contributed by atoms with van der Waals surface area (Å²) in [5, 5.41) is 18.3. The summed E-state index contributed by atoms with van der Waals surface area (Å²) in [6, 6.07) is 0. The highest BCUT2D eigenvalue weighted by Crippen LogP contribution is 2.08. The lowest BCUT2D eigenvalue weighted by atomic mass is 10.6. The summed E-state index contributed by atoms with van der Waals surface area (Å²) >= 11 is 0. The number of nitrogens with zero attached hydrogens (tertiary/aromatic N) is 1. The Bertz CT molecular complexity index is 158. The molecule has 0 bridgehead atoms. The van der Waals surface area contributed by atoms with Crippen molar-refractivity contribution in [3.05, 3.63) is 11.8 Å². The SMILES string of the molecule is CCOC(O)=C(O)[N+](C)(C)C. The third kappa shape index (κ3) is 3.13. The highest BCUT2D eigenvalue weighted by Gasteiger charge is 2.21. The van der Waals surface area contributed by atoms with Crippen molar-refractivity contribution in [2.45, 2.75) is 6.92 Å². The Balaban J connectivity index is 4.39. The van der Waals surface area contributed by atoms with Gasteiger partial charge < -0.3 is 14.9 Å². The smallest absolute Gasteiger partial charge is 0.382 e. The fourth-order valence-corrected chi connectivity index (χ4v) is 0.488. The molecule has 0 aliphatic rings. The summed E-state index contributed by atoms with van der Waals surface area (Å²) in [4.78, 5) is 0. The molecular formula is C7H16NO3+. The Labute approximate surface area is 66.9 Å². The van der Waals surface area contributed by atoms with Crippen LogP contribution in [0.25, 0.3) is 0 Å². The van der Waals surface area contributed by atoms with Crippen molar-refractivity contribution in [3.8, 4) is 0 Å². The average Bonchev–Trinajstić information content (AvgIpc) is 1.85. The van der Waals surface area contributed by atoms with E-state index in [-0.39, 0.29) is 10.4 Å². The van der Waals surface area contributed by atoms with Gasteiger partial charge in [0.25, 0.3) is 0 Å². The van der Waals surface area contributed by atoms with Crippen molar-refractivity contribution in [3.63, 3.8) is 0 Å². The number of aliphatic hydroxyl groups is 2. The second kappa shape index (κ2) is 3.48. The van der Waals surface area contributed by atoms with Crippen LogP contribution in [0.2, 0.25) is 0 Å². The monoisotopic (exact) mass is 162 g/mol. The maximum Gasteiger partial charge on any atom is 0.382 e. The summed E-state index contributed by atoms with van der Waals surface area (Å²) in [5.41, 5.74) is 0. The number of aliphatic hydroxyl groups excluding tert-OH is 2. The highest BCUT2D eigenvalue weighted by atomic mass is 16.6. The van der Waals surface area contributed by atoms with Crippen LogP contribution in [-0.2, 0) is 4.74 Å². The molecule has 0 aromatic carbocycles. The van der Waals surface area contributed by atoms with Crippen molar-refractivity contribution in [1.82, 2.24) is 0 Å².